The Balaban J connectivity index is 0.000000177. The molecule has 0 spiro atoms. The van der Waals surface area contributed by atoms with E-state index in [0.29, 0.717) is 35.5 Å². The number of fused-ring (bicyclic) bond motifs is 8. The smallest absolute Gasteiger partial charge is 0.391 e. The molecule has 2 saturated heterocycles. The van der Waals surface area contributed by atoms with Crippen molar-refractivity contribution in [1.82, 2.24) is 19.9 Å². The minimum absolute atomic E-state index is 0.0795. The molecule has 4 aliphatic rings. The molecule has 8 rings (SSSR count). The zero-order chi connectivity index (χ0) is 45.1. The molecular weight excluding hydrogens is 825 g/mol. The number of nitrogens with zero attached hydrogens (tertiary/aromatic N) is 7. The first-order valence-electron chi connectivity index (χ1n) is 19.9. The number of carboxylic acids is 1. The number of amides is 2. The van der Waals surface area contributed by atoms with Gasteiger partial charge in [0, 0.05) is 57.5 Å². The molecule has 4 atom stereocenters. The summed E-state index contributed by atoms with van der Waals surface area (Å²) in [5.74, 6) is -4.38. The number of ketones is 2. The molecule has 0 saturated carbocycles. The fraction of sp³-hybridized carbons (Fsp3) is 0.429. The maximum Gasteiger partial charge on any atom is 0.391 e. The Morgan fingerprint density at radius 2 is 1.34 bits per heavy atom. The van der Waals surface area contributed by atoms with Gasteiger partial charge in [-0.25, -0.2) is 29.5 Å². The molecule has 4 aromatic rings. The van der Waals surface area contributed by atoms with Crippen LogP contribution in [-0.2, 0) is 0 Å². The molecule has 2 amide bonds. The molecule has 4 aliphatic heterocycles. The summed E-state index contributed by atoms with van der Waals surface area (Å²) in [4.78, 5) is 70.1. The first-order valence-corrected chi connectivity index (χ1v) is 19.9. The minimum atomic E-state index is -4.46. The quantitative estimate of drug-likeness (QED) is 0.115. The summed E-state index contributed by atoms with van der Waals surface area (Å²) in [6.07, 6.45) is -5.31. The van der Waals surface area contributed by atoms with Crippen LogP contribution in [0, 0.1) is 25.7 Å². The topological polar surface area (TPSA) is 174 Å². The van der Waals surface area contributed by atoms with Crippen LogP contribution in [0.15, 0.2) is 60.9 Å². The second kappa shape index (κ2) is 18.3. The highest BCUT2D eigenvalue weighted by Crippen LogP contribution is 2.40. The number of rotatable bonds is 8. The number of aryl methyl sites for hydroxylation is 2. The van der Waals surface area contributed by atoms with E-state index in [1.54, 1.807) is 43.5 Å². The van der Waals surface area contributed by atoms with Gasteiger partial charge >= 0.3 is 24.4 Å². The molecule has 0 unspecified atom stereocenters. The third-order valence-corrected chi connectivity index (χ3v) is 11.0. The molecule has 3 N–H and O–H groups in total. The number of nitrogens with one attached hydrogen (secondary N) is 2. The van der Waals surface area contributed by atoms with E-state index in [0.717, 1.165) is 57.6 Å². The van der Waals surface area contributed by atoms with Gasteiger partial charge in [-0.2, -0.15) is 26.3 Å². The summed E-state index contributed by atoms with van der Waals surface area (Å²) in [5, 5.41) is 14.5. The summed E-state index contributed by atoms with van der Waals surface area (Å²) in [6.45, 7) is 8.72. The van der Waals surface area contributed by atoms with E-state index in [2.05, 4.69) is 40.4 Å². The number of carboxylic acid groups (broad SMARTS) is 1. The van der Waals surface area contributed by atoms with Crippen molar-refractivity contribution in [3.8, 4) is 0 Å². The highest BCUT2D eigenvalue weighted by atomic mass is 19.4. The number of pyridine rings is 4. The average molecular weight is 870 g/mol. The second-order valence-corrected chi connectivity index (χ2v) is 15.7. The third kappa shape index (κ3) is 10.4. The number of aromatic carboxylic acids is 1. The number of alkyl halides is 6. The van der Waals surface area contributed by atoms with Gasteiger partial charge in [0.25, 0.3) is 0 Å². The Hall–Kier alpha value is -6.34. The second-order valence-electron chi connectivity index (χ2n) is 15.7. The predicted octanol–water partition coefficient (Wildman–Crippen LogP) is 8.13. The number of carbonyl (C=O) groups is 4. The number of Topliss-reactive ketones (excluding diaryl/α,β-unsaturated/α-hetero) is 2. The van der Waals surface area contributed by atoms with Crippen molar-refractivity contribution >= 4 is 52.4 Å². The van der Waals surface area contributed by atoms with Gasteiger partial charge in [0.15, 0.2) is 28.9 Å². The number of carbonyl (C=O) groups excluding carboxylic acids is 3. The molecule has 330 valence electrons. The highest BCUT2D eigenvalue weighted by molar-refractivity contribution is 6.05. The number of halogens is 6. The van der Waals surface area contributed by atoms with Gasteiger partial charge in [-0.1, -0.05) is 26.0 Å². The number of hydrogen-bond acceptors (Lipinski definition) is 11. The van der Waals surface area contributed by atoms with Crippen LogP contribution >= 0.6 is 0 Å². The highest BCUT2D eigenvalue weighted by Gasteiger charge is 2.42. The molecule has 14 nitrogen and oxygen atoms in total. The summed E-state index contributed by atoms with van der Waals surface area (Å²) in [6, 6.07) is 13.1. The van der Waals surface area contributed by atoms with Crippen molar-refractivity contribution in [1.29, 1.82) is 0 Å². The van der Waals surface area contributed by atoms with Gasteiger partial charge in [0.05, 0.1) is 29.3 Å². The van der Waals surface area contributed by atoms with E-state index in [9.17, 15) is 45.5 Å². The van der Waals surface area contributed by atoms with E-state index in [4.69, 9.17) is 5.11 Å². The zero-order valence-corrected chi connectivity index (χ0v) is 34.2. The molecule has 0 aliphatic carbocycles. The summed E-state index contributed by atoms with van der Waals surface area (Å²) < 4.78 is 76.2. The minimum Gasteiger partial charge on any atom is -0.477 e. The van der Waals surface area contributed by atoms with Gasteiger partial charge in [-0.05, 0) is 74.2 Å². The summed E-state index contributed by atoms with van der Waals surface area (Å²) in [7, 11) is 0. The number of anilines is 5. The fourth-order valence-electron chi connectivity index (χ4n) is 7.37. The van der Waals surface area contributed by atoms with Crippen molar-refractivity contribution in [3.63, 3.8) is 0 Å². The largest absolute Gasteiger partial charge is 0.477 e. The number of urea groups is 1. The predicted molar refractivity (Wildman–Crippen MR) is 218 cm³/mol. The lowest BCUT2D eigenvalue weighted by Crippen LogP contribution is -2.48. The first kappa shape index (κ1) is 45.2. The number of aromatic nitrogens is 4. The van der Waals surface area contributed by atoms with Crippen molar-refractivity contribution in [2.45, 2.75) is 77.8 Å². The summed E-state index contributed by atoms with van der Waals surface area (Å²) >= 11 is 0. The van der Waals surface area contributed by atoms with Gasteiger partial charge in [0.2, 0.25) is 0 Å². The maximum absolute atomic E-state index is 13.1. The molecule has 0 aromatic carbocycles. The van der Waals surface area contributed by atoms with E-state index in [1.807, 2.05) is 13.0 Å². The van der Waals surface area contributed by atoms with Gasteiger partial charge in [-0.3, -0.25) is 19.8 Å². The molecule has 4 aromatic heterocycles. The lowest BCUT2D eigenvalue weighted by Gasteiger charge is -2.35. The van der Waals surface area contributed by atoms with Crippen LogP contribution in [0.5, 0.6) is 0 Å². The van der Waals surface area contributed by atoms with E-state index < -0.39 is 60.6 Å². The molecule has 20 heteroatoms. The van der Waals surface area contributed by atoms with Crippen LogP contribution in [0.3, 0.4) is 0 Å². The summed E-state index contributed by atoms with van der Waals surface area (Å²) in [5.41, 5.74) is 3.23. The van der Waals surface area contributed by atoms with E-state index in [-0.39, 0.29) is 28.9 Å². The van der Waals surface area contributed by atoms with E-state index >= 15 is 0 Å². The average Bonchev–Trinajstić information content (AvgIpc) is 3.82. The van der Waals surface area contributed by atoms with Crippen LogP contribution in [0.2, 0.25) is 0 Å². The van der Waals surface area contributed by atoms with Crippen LogP contribution < -0.4 is 25.3 Å². The van der Waals surface area contributed by atoms with Gasteiger partial charge in [-0.15, -0.1) is 0 Å². The monoisotopic (exact) mass is 869 g/mol. The van der Waals surface area contributed by atoms with E-state index in [1.165, 1.54) is 23.2 Å². The molecule has 8 heterocycles. The Morgan fingerprint density at radius 3 is 1.92 bits per heavy atom. The molecule has 4 bridgehead atoms. The first-order chi connectivity index (χ1) is 29.2. The van der Waals surface area contributed by atoms with Crippen molar-refractivity contribution in [3.05, 3.63) is 89.1 Å². The molecular formula is C42H45F6N9O5. The van der Waals surface area contributed by atoms with Crippen LogP contribution in [0.4, 0.5) is 60.0 Å². The third-order valence-electron chi connectivity index (χ3n) is 11.0. The fourth-order valence-corrected chi connectivity index (χ4v) is 7.37. The Bertz CT molecular complexity index is 2330. The standard InChI is InChI=1S/C21H22F3N5O2.C14H16F3N3O.C7H7NO2/c1-12-4-3-8-25-18(12)27-20(31)29-14-7-9-28(11-14)16-6-5-15(26-19(16)29)17(30)10-13(2)21(22,23)24;1-8(14(15,16)17)6-12(21)10-2-3-11-13(19-10)18-9-4-5-20(11)7-9;1-5-3-2-4-8-6(5)7(9)10/h3-6,8,13-14H,7,9-11H2,1-2H3,(H,25,27,31);2-3,8-9H,4-7H2,1H3,(H,18,19);2-4H,1H3,(H,9,10)/t13-,14-;8-,9-;/m00./s1. The van der Waals surface area contributed by atoms with Crippen LogP contribution in [0.1, 0.15) is 82.1 Å². The van der Waals surface area contributed by atoms with Gasteiger partial charge in [0.1, 0.15) is 17.2 Å². The van der Waals surface area contributed by atoms with Gasteiger partial charge < -0.3 is 20.2 Å². The van der Waals surface area contributed by atoms with Crippen LogP contribution in [-0.4, -0.2) is 99.2 Å². The SMILES string of the molecule is C[C@@H](CC(=O)c1ccc2c(n1)N[C@H]1CCN2C1)C(F)(F)F.Cc1cccnc1C(=O)O.Cc1cccnc1NC(=O)N1c2nc(C(=O)C[C@H](C)C(F)(F)F)ccc2N2CC[C@H]1C2. The number of hydrogen-bond donors (Lipinski definition) is 3. The van der Waals surface area contributed by atoms with Crippen LogP contribution in [0.25, 0.3) is 0 Å². The Labute approximate surface area is 352 Å². The molecule has 62 heavy (non-hydrogen) atoms. The zero-order valence-electron chi connectivity index (χ0n) is 34.2. The lowest BCUT2D eigenvalue weighted by molar-refractivity contribution is -0.169. The van der Waals surface area contributed by atoms with Crippen molar-refractivity contribution in [2.75, 3.05) is 51.5 Å². The normalized spacial score (nSPS) is 18.1. The lowest BCUT2D eigenvalue weighted by atomic mass is 10.0. The Morgan fingerprint density at radius 1 is 0.774 bits per heavy atom. The Kier molecular flexibility index (Phi) is 13.4. The molecule has 0 radical (unpaired) electrons. The van der Waals surface area contributed by atoms with Crippen molar-refractivity contribution in [2.24, 2.45) is 11.8 Å². The maximum atomic E-state index is 13.1. The molecule has 2 fully saturated rings. The van der Waals surface area contributed by atoms with Crippen molar-refractivity contribution < 1.29 is 50.6 Å².